The molecule has 1 saturated carbocycles. The molecule has 0 radical (unpaired) electrons. The third-order valence-corrected chi connectivity index (χ3v) is 5.70. The predicted octanol–water partition coefficient (Wildman–Crippen LogP) is 3.70. The molecule has 0 bridgehead atoms. The van der Waals surface area contributed by atoms with Gasteiger partial charge in [-0.3, -0.25) is 0 Å². The summed E-state index contributed by atoms with van der Waals surface area (Å²) in [6, 6.07) is 2.84. The molecular formula is C15H23NOS. The van der Waals surface area contributed by atoms with Gasteiger partial charge in [0.1, 0.15) is 0 Å². The fourth-order valence-corrected chi connectivity index (χ4v) is 4.72. The lowest BCUT2D eigenvalue weighted by atomic mass is 9.95. The largest absolute Gasteiger partial charge is 0.388 e. The number of rotatable bonds is 3. The molecule has 3 rings (SSSR count). The van der Waals surface area contributed by atoms with Crippen LogP contribution in [0.2, 0.25) is 0 Å². The molecular weight excluding hydrogens is 242 g/mol. The van der Waals surface area contributed by atoms with E-state index >= 15 is 0 Å². The van der Waals surface area contributed by atoms with Crippen molar-refractivity contribution >= 4 is 11.8 Å². The van der Waals surface area contributed by atoms with Gasteiger partial charge in [-0.1, -0.05) is 6.92 Å². The summed E-state index contributed by atoms with van der Waals surface area (Å²) in [6.45, 7) is 2.26. The van der Waals surface area contributed by atoms with Gasteiger partial charge in [-0.2, -0.15) is 11.8 Å². The van der Waals surface area contributed by atoms with Gasteiger partial charge in [0.25, 0.3) is 0 Å². The normalized spacial score (nSPS) is 31.6. The van der Waals surface area contributed by atoms with Crippen molar-refractivity contribution in [3.8, 4) is 0 Å². The summed E-state index contributed by atoms with van der Waals surface area (Å²) in [5.41, 5.74) is 2.62. The maximum atomic E-state index is 10.0. The van der Waals surface area contributed by atoms with Crippen molar-refractivity contribution in [2.24, 2.45) is 0 Å². The molecule has 0 aromatic carbocycles. The predicted molar refractivity (Wildman–Crippen MR) is 77.1 cm³/mol. The summed E-state index contributed by atoms with van der Waals surface area (Å²) in [5, 5.41) is 10.9. The molecule has 2 aliphatic rings. The highest BCUT2D eigenvalue weighted by atomic mass is 32.2. The summed E-state index contributed by atoms with van der Waals surface area (Å²) in [5.74, 6) is 1.24. The first-order valence-electron chi connectivity index (χ1n) is 7.29. The summed E-state index contributed by atoms with van der Waals surface area (Å²) in [7, 11) is 0. The summed E-state index contributed by atoms with van der Waals surface area (Å²) >= 11 is 2.12. The van der Waals surface area contributed by atoms with E-state index in [1.54, 1.807) is 0 Å². The van der Waals surface area contributed by atoms with Crippen LogP contribution in [0, 0.1) is 0 Å². The molecule has 1 aromatic heterocycles. The van der Waals surface area contributed by atoms with E-state index in [4.69, 9.17) is 0 Å². The zero-order valence-electron chi connectivity index (χ0n) is 11.1. The molecule has 1 heterocycles. The second-order valence-electron chi connectivity index (χ2n) is 5.58. The van der Waals surface area contributed by atoms with Crippen LogP contribution < -0.4 is 0 Å². The van der Waals surface area contributed by atoms with E-state index in [-0.39, 0.29) is 6.10 Å². The van der Waals surface area contributed by atoms with Crippen molar-refractivity contribution in [2.45, 2.75) is 62.8 Å². The Morgan fingerprint density at radius 3 is 3.11 bits per heavy atom. The average molecular weight is 265 g/mol. The standard InChI is InChI=1S/C15H23NOS/c1-2-18-12-7-6-11(10-12)16-9-8-13-14(16)4-3-5-15(13)17/h8-9,11-12,15,17H,2-7,10H2,1H3. The highest BCUT2D eigenvalue weighted by Crippen LogP contribution is 2.40. The minimum atomic E-state index is -0.211. The zero-order valence-corrected chi connectivity index (χ0v) is 12.0. The van der Waals surface area contributed by atoms with Crippen molar-refractivity contribution < 1.29 is 5.11 Å². The summed E-state index contributed by atoms with van der Waals surface area (Å²) < 4.78 is 2.48. The molecule has 0 spiro atoms. The number of aromatic nitrogens is 1. The van der Waals surface area contributed by atoms with Crippen molar-refractivity contribution in [1.29, 1.82) is 0 Å². The average Bonchev–Trinajstić information content (AvgIpc) is 2.96. The number of hydrogen-bond donors (Lipinski definition) is 1. The fourth-order valence-electron chi connectivity index (χ4n) is 3.59. The SMILES string of the molecule is CCSC1CCC(n2ccc3c2CCCC3O)C1. The Balaban J connectivity index is 1.77. The maximum Gasteiger partial charge on any atom is 0.0807 e. The van der Waals surface area contributed by atoms with E-state index in [2.05, 4.69) is 35.5 Å². The van der Waals surface area contributed by atoms with Crippen LogP contribution in [0.15, 0.2) is 12.3 Å². The van der Waals surface area contributed by atoms with Gasteiger partial charge in [0.2, 0.25) is 0 Å². The number of nitrogens with zero attached hydrogens (tertiary/aromatic N) is 1. The highest BCUT2D eigenvalue weighted by molar-refractivity contribution is 7.99. The third kappa shape index (κ3) is 2.23. The number of thioether (sulfide) groups is 1. The third-order valence-electron chi connectivity index (χ3n) is 4.46. The van der Waals surface area contributed by atoms with Crippen LogP contribution in [-0.4, -0.2) is 20.7 Å². The molecule has 2 nitrogen and oxygen atoms in total. The van der Waals surface area contributed by atoms with Crippen LogP contribution in [0.25, 0.3) is 0 Å². The lowest BCUT2D eigenvalue weighted by Gasteiger charge is -2.23. The van der Waals surface area contributed by atoms with E-state index in [0.717, 1.165) is 24.5 Å². The van der Waals surface area contributed by atoms with Crippen molar-refractivity contribution in [3.05, 3.63) is 23.5 Å². The van der Waals surface area contributed by atoms with Gasteiger partial charge in [0.05, 0.1) is 6.10 Å². The zero-order chi connectivity index (χ0) is 12.5. The molecule has 1 fully saturated rings. The molecule has 0 aliphatic heterocycles. The first kappa shape index (κ1) is 12.6. The topological polar surface area (TPSA) is 25.2 Å². The van der Waals surface area contributed by atoms with E-state index in [0.29, 0.717) is 6.04 Å². The minimum absolute atomic E-state index is 0.211. The molecule has 3 atom stereocenters. The van der Waals surface area contributed by atoms with Crippen LogP contribution in [-0.2, 0) is 6.42 Å². The highest BCUT2D eigenvalue weighted by Gasteiger charge is 2.29. The summed E-state index contributed by atoms with van der Waals surface area (Å²) in [4.78, 5) is 0. The number of aliphatic hydroxyl groups excluding tert-OH is 1. The first-order valence-corrected chi connectivity index (χ1v) is 8.33. The molecule has 100 valence electrons. The number of hydrogen-bond acceptors (Lipinski definition) is 2. The monoisotopic (exact) mass is 265 g/mol. The first-order chi connectivity index (χ1) is 8.79. The number of aliphatic hydroxyl groups is 1. The Bertz CT molecular complexity index is 415. The Hall–Kier alpha value is -0.410. The fraction of sp³-hybridized carbons (Fsp3) is 0.733. The van der Waals surface area contributed by atoms with Gasteiger partial charge < -0.3 is 9.67 Å². The quantitative estimate of drug-likeness (QED) is 0.901. The second-order valence-corrected chi connectivity index (χ2v) is 7.15. The number of fused-ring (bicyclic) bond motifs is 1. The Labute approximate surface area is 114 Å². The lowest BCUT2D eigenvalue weighted by molar-refractivity contribution is 0.155. The molecule has 0 saturated heterocycles. The van der Waals surface area contributed by atoms with Gasteiger partial charge in [0, 0.05) is 28.7 Å². The van der Waals surface area contributed by atoms with E-state index in [1.165, 1.54) is 36.3 Å². The molecule has 2 aliphatic carbocycles. The van der Waals surface area contributed by atoms with E-state index in [9.17, 15) is 5.11 Å². The van der Waals surface area contributed by atoms with Gasteiger partial charge in [-0.15, -0.1) is 0 Å². The Morgan fingerprint density at radius 1 is 1.39 bits per heavy atom. The minimum Gasteiger partial charge on any atom is -0.388 e. The van der Waals surface area contributed by atoms with Crippen molar-refractivity contribution in [2.75, 3.05) is 5.75 Å². The van der Waals surface area contributed by atoms with E-state index < -0.39 is 0 Å². The lowest BCUT2D eigenvalue weighted by Crippen LogP contribution is -2.14. The van der Waals surface area contributed by atoms with Gasteiger partial charge >= 0.3 is 0 Å². The Kier molecular flexibility index (Phi) is 3.71. The molecule has 3 heteroatoms. The molecule has 1 aromatic rings. The molecule has 18 heavy (non-hydrogen) atoms. The van der Waals surface area contributed by atoms with Crippen LogP contribution >= 0.6 is 11.8 Å². The van der Waals surface area contributed by atoms with E-state index in [1.807, 2.05) is 0 Å². The van der Waals surface area contributed by atoms with Crippen LogP contribution in [0.4, 0.5) is 0 Å². The molecule has 0 amide bonds. The van der Waals surface area contributed by atoms with Crippen molar-refractivity contribution in [1.82, 2.24) is 4.57 Å². The smallest absolute Gasteiger partial charge is 0.0807 e. The molecule has 1 N–H and O–H groups in total. The maximum absolute atomic E-state index is 10.0. The van der Waals surface area contributed by atoms with Gasteiger partial charge in [0.15, 0.2) is 0 Å². The van der Waals surface area contributed by atoms with Crippen LogP contribution in [0.3, 0.4) is 0 Å². The van der Waals surface area contributed by atoms with Gasteiger partial charge in [-0.25, -0.2) is 0 Å². The van der Waals surface area contributed by atoms with Gasteiger partial charge in [-0.05, 0) is 50.3 Å². The Morgan fingerprint density at radius 2 is 2.28 bits per heavy atom. The summed E-state index contributed by atoms with van der Waals surface area (Å²) in [6.07, 6.45) is 9.24. The molecule has 3 unspecified atom stereocenters. The van der Waals surface area contributed by atoms with Crippen LogP contribution in [0.5, 0.6) is 0 Å². The van der Waals surface area contributed by atoms with Crippen LogP contribution in [0.1, 0.15) is 62.4 Å². The van der Waals surface area contributed by atoms with Crippen molar-refractivity contribution in [3.63, 3.8) is 0 Å². The second kappa shape index (κ2) is 5.30.